The molecule has 2 rings (SSSR count). The van der Waals surface area contributed by atoms with Gasteiger partial charge in [-0.2, -0.15) is 0 Å². The van der Waals surface area contributed by atoms with Crippen LogP contribution in [0, 0.1) is 11.8 Å². The molecule has 1 aromatic carbocycles. The third kappa shape index (κ3) is 2.85. The fraction of sp³-hybridized carbons (Fsp3) is 0.462. The summed E-state index contributed by atoms with van der Waals surface area (Å²) < 4.78 is 13.1. The van der Waals surface area contributed by atoms with Crippen LogP contribution in [0.3, 0.4) is 0 Å². The van der Waals surface area contributed by atoms with E-state index in [-0.39, 0.29) is 11.8 Å². The molecule has 4 nitrogen and oxygen atoms in total. The smallest absolute Gasteiger partial charge is 0.306 e. The van der Waals surface area contributed by atoms with Crippen LogP contribution in [-0.4, -0.2) is 25.3 Å². The molecule has 1 N–H and O–H groups in total. The highest BCUT2D eigenvalue weighted by atomic mass is 79.9. The molecule has 0 unspecified atom stereocenters. The van der Waals surface area contributed by atoms with Crippen LogP contribution in [0.15, 0.2) is 13.4 Å². The first-order valence-electron chi connectivity index (χ1n) is 5.92. The van der Waals surface area contributed by atoms with E-state index in [4.69, 9.17) is 14.6 Å². The van der Waals surface area contributed by atoms with E-state index in [1.807, 2.05) is 0 Å². The summed E-state index contributed by atoms with van der Waals surface area (Å²) in [6.45, 7) is 0. The molecular weight excluding hydrogens is 460 g/mol. The highest BCUT2D eigenvalue weighted by molar-refractivity contribution is 9.13. The second kappa shape index (κ2) is 6.23. The third-order valence-electron chi connectivity index (χ3n) is 3.44. The quantitative estimate of drug-likeness (QED) is 0.651. The van der Waals surface area contributed by atoms with Gasteiger partial charge in [0.1, 0.15) is 0 Å². The molecule has 2 atom stereocenters. The van der Waals surface area contributed by atoms with Gasteiger partial charge in [-0.05, 0) is 72.1 Å². The van der Waals surface area contributed by atoms with E-state index in [0.717, 1.165) is 25.4 Å². The van der Waals surface area contributed by atoms with Crippen LogP contribution in [-0.2, 0) is 11.2 Å². The Hall–Kier alpha value is -0.270. The van der Waals surface area contributed by atoms with Gasteiger partial charge in [0.25, 0.3) is 0 Å². The van der Waals surface area contributed by atoms with Crippen molar-refractivity contribution in [1.82, 2.24) is 0 Å². The third-order valence-corrected chi connectivity index (χ3v) is 6.44. The normalized spacial score (nSPS) is 20.6. The van der Waals surface area contributed by atoms with Crippen molar-refractivity contribution in [2.75, 3.05) is 14.2 Å². The number of carboxylic acid groups (broad SMARTS) is 1. The monoisotopic (exact) mass is 470 g/mol. The Kier molecular flexibility index (Phi) is 5.02. The molecule has 0 radical (unpaired) electrons. The zero-order chi connectivity index (χ0) is 15.0. The predicted octanol–water partition coefficient (Wildman–Crippen LogP) is 4.25. The van der Waals surface area contributed by atoms with Crippen LogP contribution < -0.4 is 9.47 Å². The fourth-order valence-corrected chi connectivity index (χ4v) is 4.34. The van der Waals surface area contributed by atoms with Gasteiger partial charge in [-0.25, -0.2) is 0 Å². The summed E-state index contributed by atoms with van der Waals surface area (Å²) in [5, 5.41) is 9.00. The summed E-state index contributed by atoms with van der Waals surface area (Å²) in [7, 11) is 3.15. The molecule has 0 aromatic heterocycles. The maximum Gasteiger partial charge on any atom is 0.306 e. The molecule has 0 spiro atoms. The maximum atomic E-state index is 10.9. The second-order valence-electron chi connectivity index (χ2n) is 4.63. The summed E-state index contributed by atoms with van der Waals surface area (Å²) in [5.74, 6) is 0.415. The minimum absolute atomic E-state index is 0.171. The van der Waals surface area contributed by atoms with E-state index in [1.54, 1.807) is 14.2 Å². The van der Waals surface area contributed by atoms with Gasteiger partial charge >= 0.3 is 5.97 Å². The molecule has 20 heavy (non-hydrogen) atoms. The topological polar surface area (TPSA) is 55.8 Å². The Morgan fingerprint density at radius 3 is 2.15 bits per heavy atom. The number of methoxy groups -OCH3 is 2. The number of hydrogen-bond donors (Lipinski definition) is 1. The molecule has 110 valence electrons. The first-order valence-corrected chi connectivity index (χ1v) is 8.30. The number of hydrogen-bond acceptors (Lipinski definition) is 3. The van der Waals surface area contributed by atoms with Crippen molar-refractivity contribution in [2.45, 2.75) is 12.8 Å². The molecule has 0 bridgehead atoms. The van der Waals surface area contributed by atoms with Crippen LogP contribution in [0.4, 0.5) is 0 Å². The lowest BCUT2D eigenvalue weighted by Crippen LogP contribution is -2.03. The Bertz CT molecular complexity index is 559. The molecule has 1 aliphatic rings. The summed E-state index contributed by atoms with van der Waals surface area (Å²) in [4.78, 5) is 10.9. The average Bonchev–Trinajstić information content (AvgIpc) is 3.18. The Morgan fingerprint density at radius 2 is 1.70 bits per heavy atom. The SMILES string of the molecule is COc1c(Br)c(Br)c(C[C@@H]2C[C@H]2C(=O)O)c(Br)c1OC. The van der Waals surface area contributed by atoms with Crippen LogP contribution in [0.1, 0.15) is 12.0 Å². The van der Waals surface area contributed by atoms with E-state index in [1.165, 1.54) is 0 Å². The number of carbonyl (C=O) groups is 1. The molecule has 0 heterocycles. The van der Waals surface area contributed by atoms with Gasteiger partial charge < -0.3 is 14.6 Å². The van der Waals surface area contributed by atoms with Gasteiger partial charge in [0.05, 0.1) is 29.1 Å². The summed E-state index contributed by atoms with van der Waals surface area (Å²) in [5.41, 5.74) is 0.989. The van der Waals surface area contributed by atoms with Crippen molar-refractivity contribution in [3.63, 3.8) is 0 Å². The molecule has 0 aliphatic heterocycles. The lowest BCUT2D eigenvalue weighted by molar-refractivity contribution is -0.138. The van der Waals surface area contributed by atoms with Crippen LogP contribution >= 0.6 is 47.8 Å². The molecule has 7 heteroatoms. The van der Waals surface area contributed by atoms with Gasteiger partial charge in [0, 0.05) is 4.47 Å². The van der Waals surface area contributed by atoms with Gasteiger partial charge in [-0.15, -0.1) is 0 Å². The minimum atomic E-state index is -0.721. The lowest BCUT2D eigenvalue weighted by atomic mass is 10.1. The Morgan fingerprint density at radius 1 is 1.15 bits per heavy atom. The number of rotatable bonds is 5. The number of halogens is 3. The van der Waals surface area contributed by atoms with Crippen molar-refractivity contribution in [2.24, 2.45) is 11.8 Å². The van der Waals surface area contributed by atoms with E-state index in [9.17, 15) is 4.79 Å². The second-order valence-corrected chi connectivity index (χ2v) is 7.01. The highest BCUT2D eigenvalue weighted by Gasteiger charge is 2.43. The van der Waals surface area contributed by atoms with Gasteiger partial charge in [0.2, 0.25) is 0 Å². The summed E-state index contributed by atoms with van der Waals surface area (Å²) >= 11 is 10.5. The number of carboxylic acids is 1. The molecular formula is C13H13Br3O4. The zero-order valence-electron chi connectivity index (χ0n) is 10.9. The minimum Gasteiger partial charge on any atom is -0.492 e. The fourth-order valence-electron chi connectivity index (χ4n) is 2.25. The zero-order valence-corrected chi connectivity index (χ0v) is 15.6. The van der Waals surface area contributed by atoms with Crippen molar-refractivity contribution in [3.8, 4) is 11.5 Å². The maximum absolute atomic E-state index is 10.9. The van der Waals surface area contributed by atoms with Crippen molar-refractivity contribution in [1.29, 1.82) is 0 Å². The number of benzene rings is 1. The summed E-state index contributed by atoms with van der Waals surface area (Å²) in [6.07, 6.45) is 1.40. The summed E-state index contributed by atoms with van der Waals surface area (Å²) in [6, 6.07) is 0. The largest absolute Gasteiger partial charge is 0.492 e. The highest BCUT2D eigenvalue weighted by Crippen LogP contribution is 2.51. The van der Waals surface area contributed by atoms with E-state index < -0.39 is 5.97 Å². The lowest BCUT2D eigenvalue weighted by Gasteiger charge is -2.17. The first kappa shape index (κ1) is 16.1. The van der Waals surface area contributed by atoms with Crippen LogP contribution in [0.25, 0.3) is 0 Å². The van der Waals surface area contributed by atoms with E-state index in [2.05, 4.69) is 47.8 Å². The van der Waals surface area contributed by atoms with Gasteiger partial charge in [-0.1, -0.05) is 0 Å². The van der Waals surface area contributed by atoms with Gasteiger partial charge in [0.15, 0.2) is 11.5 Å². The van der Waals surface area contributed by atoms with Crippen molar-refractivity contribution >= 4 is 53.8 Å². The molecule has 0 amide bonds. The Labute approximate surface area is 142 Å². The van der Waals surface area contributed by atoms with Crippen molar-refractivity contribution in [3.05, 3.63) is 19.0 Å². The molecule has 1 fully saturated rings. The van der Waals surface area contributed by atoms with E-state index >= 15 is 0 Å². The molecule has 1 saturated carbocycles. The molecule has 1 aliphatic carbocycles. The van der Waals surface area contributed by atoms with Crippen molar-refractivity contribution < 1.29 is 19.4 Å². The Balaban J connectivity index is 2.39. The molecule has 0 saturated heterocycles. The van der Waals surface area contributed by atoms with Crippen LogP contribution in [0.2, 0.25) is 0 Å². The number of ether oxygens (including phenoxy) is 2. The van der Waals surface area contributed by atoms with Crippen LogP contribution in [0.5, 0.6) is 11.5 Å². The number of aliphatic carboxylic acids is 1. The predicted molar refractivity (Wildman–Crippen MR) is 85.6 cm³/mol. The standard InChI is InChI=1S/C13H13Br3O4/c1-19-11-9(15)7(4-5-3-6(5)13(17)18)8(14)10(16)12(11)20-2/h5-6H,3-4H2,1-2H3,(H,17,18)/t5-,6+/m0/s1. The average molecular weight is 473 g/mol. The van der Waals surface area contributed by atoms with Gasteiger partial charge in [-0.3, -0.25) is 4.79 Å². The first-order chi connectivity index (χ1) is 9.42. The molecule has 1 aromatic rings. The van der Waals surface area contributed by atoms with E-state index in [0.29, 0.717) is 17.9 Å².